The second-order valence-corrected chi connectivity index (χ2v) is 8.23. The molecule has 0 radical (unpaired) electrons. The largest absolute Gasteiger partial charge is 0.376 e. The van der Waals surface area contributed by atoms with Crippen molar-refractivity contribution in [2.45, 2.75) is 76.5 Å². The zero-order valence-corrected chi connectivity index (χ0v) is 15.2. The SMILES string of the molecule is CC1C2CC(C2Nc2ccccc2[N+](=O)[O-])C(C)N1C1CCCCC1. The minimum absolute atomic E-state index is 0.192. The van der Waals surface area contributed by atoms with Crippen LogP contribution in [0, 0.1) is 22.0 Å². The number of rotatable bonds is 4. The number of fused-ring (bicyclic) bond motifs is 2. The number of para-hydroxylation sites is 2. The molecule has 2 bridgehead atoms. The Morgan fingerprint density at radius 3 is 2.36 bits per heavy atom. The quantitative estimate of drug-likeness (QED) is 0.649. The number of nitrogens with zero attached hydrogens (tertiary/aromatic N) is 2. The van der Waals surface area contributed by atoms with Crippen molar-refractivity contribution >= 4 is 11.4 Å². The molecule has 2 aliphatic carbocycles. The zero-order chi connectivity index (χ0) is 17.6. The Labute approximate surface area is 149 Å². The third kappa shape index (κ3) is 2.82. The molecule has 1 aliphatic heterocycles. The van der Waals surface area contributed by atoms with Gasteiger partial charge in [-0.05, 0) is 51.0 Å². The fourth-order valence-corrected chi connectivity index (χ4v) is 5.73. The third-order valence-electron chi connectivity index (χ3n) is 7.07. The van der Waals surface area contributed by atoms with Crippen LogP contribution in [0.2, 0.25) is 0 Å². The minimum atomic E-state index is -0.280. The monoisotopic (exact) mass is 343 g/mol. The molecule has 4 unspecified atom stereocenters. The Bertz CT molecular complexity index is 628. The predicted octanol–water partition coefficient (Wildman–Crippen LogP) is 4.44. The lowest BCUT2D eigenvalue weighted by molar-refractivity contribution is -0.384. The van der Waals surface area contributed by atoms with Crippen LogP contribution in [0.15, 0.2) is 24.3 Å². The standard InChI is InChI=1S/C20H29N3O2/c1-13-16-12-17(14(2)22(13)15-8-4-3-5-9-15)20(16)21-18-10-6-7-11-19(18)23(24)25/h6-7,10-11,13-17,20-21H,3-5,8-9,12H2,1-2H3. The Hall–Kier alpha value is -1.62. The molecule has 1 aromatic carbocycles. The fourth-order valence-electron chi connectivity index (χ4n) is 5.73. The van der Waals surface area contributed by atoms with Crippen LogP contribution in [0.5, 0.6) is 0 Å². The molecule has 2 saturated carbocycles. The average Bonchev–Trinajstić information content (AvgIpc) is 2.59. The molecule has 4 atom stereocenters. The normalized spacial score (nSPS) is 35.8. The summed E-state index contributed by atoms with van der Waals surface area (Å²) in [5, 5.41) is 14.8. The summed E-state index contributed by atoms with van der Waals surface area (Å²) in [6, 6.07) is 9.29. The van der Waals surface area contributed by atoms with E-state index in [0.29, 0.717) is 35.6 Å². The highest BCUT2D eigenvalue weighted by molar-refractivity contribution is 5.62. The molecule has 1 heterocycles. The number of hydrogen-bond donors (Lipinski definition) is 1. The molecule has 1 aromatic rings. The van der Waals surface area contributed by atoms with E-state index in [1.165, 1.54) is 38.5 Å². The molecule has 5 nitrogen and oxygen atoms in total. The lowest BCUT2D eigenvalue weighted by atomic mass is 9.59. The van der Waals surface area contributed by atoms with Crippen molar-refractivity contribution in [1.82, 2.24) is 4.90 Å². The van der Waals surface area contributed by atoms with E-state index in [1.807, 2.05) is 12.1 Å². The summed E-state index contributed by atoms with van der Waals surface area (Å²) in [5.41, 5.74) is 0.870. The maximum atomic E-state index is 11.3. The highest BCUT2D eigenvalue weighted by atomic mass is 16.6. The van der Waals surface area contributed by atoms with Gasteiger partial charge in [0.1, 0.15) is 5.69 Å². The second kappa shape index (κ2) is 6.60. The Kier molecular flexibility index (Phi) is 4.44. The number of nitro benzene ring substituents is 1. The Balaban J connectivity index is 1.51. The number of anilines is 1. The van der Waals surface area contributed by atoms with Gasteiger partial charge in [0.2, 0.25) is 0 Å². The van der Waals surface area contributed by atoms with Gasteiger partial charge in [0.25, 0.3) is 5.69 Å². The summed E-state index contributed by atoms with van der Waals surface area (Å²) in [4.78, 5) is 13.8. The highest BCUT2D eigenvalue weighted by Crippen LogP contribution is 2.51. The van der Waals surface area contributed by atoms with Crippen LogP contribution in [0.25, 0.3) is 0 Å². The van der Waals surface area contributed by atoms with Gasteiger partial charge >= 0.3 is 0 Å². The van der Waals surface area contributed by atoms with E-state index in [9.17, 15) is 10.1 Å². The van der Waals surface area contributed by atoms with E-state index in [-0.39, 0.29) is 10.6 Å². The van der Waals surface area contributed by atoms with Crippen LogP contribution in [0.3, 0.4) is 0 Å². The summed E-state index contributed by atoms with van der Waals surface area (Å²) < 4.78 is 0. The smallest absolute Gasteiger partial charge is 0.292 e. The molecule has 3 aliphatic rings. The third-order valence-corrected chi connectivity index (χ3v) is 7.07. The molecular formula is C20H29N3O2. The molecule has 0 amide bonds. The molecule has 4 rings (SSSR count). The topological polar surface area (TPSA) is 58.4 Å². The second-order valence-electron chi connectivity index (χ2n) is 8.23. The first-order valence-electron chi connectivity index (χ1n) is 9.85. The van der Waals surface area contributed by atoms with E-state index >= 15 is 0 Å². The van der Waals surface area contributed by atoms with Crippen molar-refractivity contribution in [2.75, 3.05) is 5.32 Å². The number of likely N-dealkylation sites (tertiary alicyclic amines) is 1. The van der Waals surface area contributed by atoms with Crippen LogP contribution in [0.1, 0.15) is 52.4 Å². The summed E-state index contributed by atoms with van der Waals surface area (Å²) in [6.07, 6.45) is 8.07. The van der Waals surface area contributed by atoms with Crippen molar-refractivity contribution in [1.29, 1.82) is 0 Å². The van der Waals surface area contributed by atoms with Crippen molar-refractivity contribution in [3.8, 4) is 0 Å². The first-order chi connectivity index (χ1) is 12.1. The van der Waals surface area contributed by atoms with E-state index in [4.69, 9.17) is 0 Å². The van der Waals surface area contributed by atoms with Gasteiger partial charge in [-0.1, -0.05) is 31.4 Å². The number of nitrogens with one attached hydrogen (secondary N) is 1. The van der Waals surface area contributed by atoms with Gasteiger partial charge in [0, 0.05) is 30.2 Å². The van der Waals surface area contributed by atoms with Crippen molar-refractivity contribution < 1.29 is 4.92 Å². The number of piperidine rings is 2. The lowest BCUT2D eigenvalue weighted by Crippen LogP contribution is -2.70. The molecule has 5 heteroatoms. The first-order valence-corrected chi connectivity index (χ1v) is 9.85. The van der Waals surface area contributed by atoms with Crippen molar-refractivity contribution in [3.05, 3.63) is 34.4 Å². The van der Waals surface area contributed by atoms with E-state index < -0.39 is 0 Å². The van der Waals surface area contributed by atoms with Gasteiger partial charge in [-0.3, -0.25) is 15.0 Å². The molecule has 25 heavy (non-hydrogen) atoms. The first kappa shape index (κ1) is 16.8. The van der Waals surface area contributed by atoms with Crippen molar-refractivity contribution in [3.63, 3.8) is 0 Å². The van der Waals surface area contributed by atoms with Gasteiger partial charge in [0.15, 0.2) is 0 Å². The Morgan fingerprint density at radius 1 is 1.08 bits per heavy atom. The maximum absolute atomic E-state index is 11.3. The van der Waals surface area contributed by atoms with Crippen LogP contribution in [-0.2, 0) is 0 Å². The number of nitro groups is 1. The minimum Gasteiger partial charge on any atom is -0.376 e. The van der Waals surface area contributed by atoms with E-state index in [2.05, 4.69) is 24.1 Å². The molecule has 1 saturated heterocycles. The van der Waals surface area contributed by atoms with Crippen LogP contribution < -0.4 is 5.32 Å². The maximum Gasteiger partial charge on any atom is 0.292 e. The van der Waals surface area contributed by atoms with Gasteiger partial charge in [-0.25, -0.2) is 0 Å². The highest BCUT2D eigenvalue weighted by Gasteiger charge is 2.55. The van der Waals surface area contributed by atoms with Crippen molar-refractivity contribution in [2.24, 2.45) is 11.8 Å². The number of hydrogen-bond acceptors (Lipinski definition) is 4. The Morgan fingerprint density at radius 2 is 1.72 bits per heavy atom. The molecule has 0 spiro atoms. The average molecular weight is 343 g/mol. The van der Waals surface area contributed by atoms with E-state index in [0.717, 1.165) is 6.04 Å². The van der Waals surface area contributed by atoms with Crippen LogP contribution in [0.4, 0.5) is 11.4 Å². The summed E-state index contributed by atoms with van der Waals surface area (Å²) in [5.74, 6) is 1.20. The summed E-state index contributed by atoms with van der Waals surface area (Å²) >= 11 is 0. The van der Waals surface area contributed by atoms with E-state index in [1.54, 1.807) is 12.1 Å². The predicted molar refractivity (Wildman–Crippen MR) is 99.7 cm³/mol. The zero-order valence-electron chi connectivity index (χ0n) is 15.2. The summed E-state index contributed by atoms with van der Waals surface area (Å²) in [6.45, 7) is 4.75. The van der Waals surface area contributed by atoms with Crippen LogP contribution in [-0.4, -0.2) is 34.0 Å². The molecule has 3 fully saturated rings. The summed E-state index contributed by atoms with van der Waals surface area (Å²) in [7, 11) is 0. The molecule has 136 valence electrons. The lowest BCUT2D eigenvalue weighted by Gasteiger charge is -2.63. The van der Waals surface area contributed by atoms with Gasteiger partial charge in [-0.2, -0.15) is 0 Å². The van der Waals surface area contributed by atoms with Gasteiger partial charge in [-0.15, -0.1) is 0 Å². The van der Waals surface area contributed by atoms with Gasteiger partial charge in [0.05, 0.1) is 4.92 Å². The van der Waals surface area contributed by atoms with Gasteiger partial charge < -0.3 is 5.32 Å². The molecule has 1 N–H and O–H groups in total. The van der Waals surface area contributed by atoms with Crippen LogP contribution >= 0.6 is 0 Å². The fraction of sp³-hybridized carbons (Fsp3) is 0.700. The number of benzene rings is 1. The molecule has 0 aromatic heterocycles. The molecular weight excluding hydrogens is 314 g/mol.